The molecule has 1 aromatic carbocycles. The summed E-state index contributed by atoms with van der Waals surface area (Å²) in [6.07, 6.45) is 0.736. The van der Waals surface area contributed by atoms with Crippen molar-refractivity contribution in [1.82, 2.24) is 0 Å². The van der Waals surface area contributed by atoms with E-state index < -0.39 is 53.6 Å². The maximum absolute atomic E-state index is 13.6. The Labute approximate surface area is 183 Å². The average Bonchev–Trinajstić information content (AvgIpc) is 3.37. The van der Waals surface area contributed by atoms with Crippen molar-refractivity contribution in [3.63, 3.8) is 0 Å². The second kappa shape index (κ2) is 7.56. The summed E-state index contributed by atoms with van der Waals surface area (Å²) in [4.78, 5) is 63.1. The van der Waals surface area contributed by atoms with Gasteiger partial charge in [0.15, 0.2) is 11.4 Å². The molecule has 3 aliphatic heterocycles. The Morgan fingerprint density at radius 3 is 2.28 bits per heavy atom. The van der Waals surface area contributed by atoms with Crippen molar-refractivity contribution in [3.8, 4) is 5.75 Å². The SMILES string of the molecule is COc1ccc(C(C)=O)cc1N1C(=O)[C@@H]2[C@@H]3C=C[C@@](C(OC(C)=O)OC(C)=O)(O3)[C@@H]2C1=O. The van der Waals surface area contributed by atoms with E-state index in [-0.39, 0.29) is 17.2 Å². The molecular weight excluding hydrogens is 422 g/mol. The molecule has 168 valence electrons. The molecule has 10 nitrogen and oxygen atoms in total. The average molecular weight is 443 g/mol. The number of amides is 2. The summed E-state index contributed by atoms with van der Waals surface area (Å²) in [7, 11) is 1.38. The van der Waals surface area contributed by atoms with Crippen LogP contribution in [0.15, 0.2) is 30.4 Å². The lowest BCUT2D eigenvalue weighted by atomic mass is 9.76. The summed E-state index contributed by atoms with van der Waals surface area (Å²) in [6, 6.07) is 4.45. The Morgan fingerprint density at radius 1 is 1.06 bits per heavy atom. The number of imide groups is 1. The molecule has 4 atom stereocenters. The van der Waals surface area contributed by atoms with E-state index >= 15 is 0 Å². The first-order chi connectivity index (χ1) is 15.1. The van der Waals surface area contributed by atoms with Gasteiger partial charge in [0.25, 0.3) is 6.29 Å². The van der Waals surface area contributed by atoms with E-state index in [9.17, 15) is 24.0 Å². The molecule has 2 saturated heterocycles. The van der Waals surface area contributed by atoms with Crippen molar-refractivity contribution in [2.24, 2.45) is 11.8 Å². The number of hydrogen-bond donors (Lipinski definition) is 0. The zero-order valence-electron chi connectivity index (χ0n) is 17.8. The van der Waals surface area contributed by atoms with Crippen LogP contribution in [-0.4, -0.2) is 54.6 Å². The number of ketones is 1. The van der Waals surface area contributed by atoms with E-state index in [0.29, 0.717) is 5.56 Å². The van der Waals surface area contributed by atoms with Crippen LogP contribution in [0.2, 0.25) is 0 Å². The summed E-state index contributed by atoms with van der Waals surface area (Å²) in [6.45, 7) is 3.62. The third-order valence-corrected chi connectivity index (χ3v) is 5.82. The minimum Gasteiger partial charge on any atom is -0.495 e. The topological polar surface area (TPSA) is 126 Å². The molecule has 32 heavy (non-hydrogen) atoms. The standard InChI is InChI=1S/C22H21NO9/c1-10(24)13-5-6-15(29-4)14(9-13)23-19(27)17-16-7-8-22(32-16,18(17)20(23)28)21(30-11(2)25)31-12(3)26/h5-9,16-18,21H,1-4H3/t16-,17+,18-,22+/m0/s1. The monoisotopic (exact) mass is 443 g/mol. The van der Waals surface area contributed by atoms with Gasteiger partial charge in [-0.15, -0.1) is 0 Å². The maximum atomic E-state index is 13.6. The molecule has 0 aliphatic carbocycles. The van der Waals surface area contributed by atoms with E-state index in [1.54, 1.807) is 6.08 Å². The molecule has 2 fully saturated rings. The van der Waals surface area contributed by atoms with Crippen molar-refractivity contribution < 1.29 is 42.9 Å². The number of hydrogen-bond acceptors (Lipinski definition) is 9. The number of methoxy groups -OCH3 is 1. The Hall–Kier alpha value is -3.53. The zero-order valence-corrected chi connectivity index (χ0v) is 17.8. The Balaban J connectivity index is 1.79. The second-order valence-electron chi connectivity index (χ2n) is 7.80. The molecule has 0 aromatic heterocycles. The molecule has 2 amide bonds. The first kappa shape index (κ1) is 21.7. The van der Waals surface area contributed by atoms with E-state index in [4.69, 9.17) is 18.9 Å². The molecule has 1 aromatic rings. The van der Waals surface area contributed by atoms with Crippen LogP contribution in [-0.2, 0) is 33.4 Å². The van der Waals surface area contributed by atoms with Crippen LogP contribution < -0.4 is 9.64 Å². The number of carbonyl (C=O) groups is 5. The normalized spacial score (nSPS) is 27.7. The molecule has 3 aliphatic rings. The van der Waals surface area contributed by atoms with Gasteiger partial charge in [0.05, 0.1) is 30.7 Å². The number of nitrogens with zero attached hydrogens (tertiary/aromatic N) is 1. The predicted molar refractivity (Wildman–Crippen MR) is 107 cm³/mol. The van der Waals surface area contributed by atoms with Gasteiger partial charge in [0.2, 0.25) is 11.8 Å². The van der Waals surface area contributed by atoms with Gasteiger partial charge in [-0.1, -0.05) is 6.08 Å². The van der Waals surface area contributed by atoms with Gasteiger partial charge in [-0.05, 0) is 31.2 Å². The number of Topliss-reactive ketones (excluding diaryl/α,β-unsaturated/α-hetero) is 1. The van der Waals surface area contributed by atoms with Crippen LogP contribution in [0.1, 0.15) is 31.1 Å². The fourth-order valence-corrected chi connectivity index (χ4v) is 4.54. The van der Waals surface area contributed by atoms with Crippen LogP contribution >= 0.6 is 0 Å². The summed E-state index contributed by atoms with van der Waals surface area (Å²) < 4.78 is 21.6. The van der Waals surface area contributed by atoms with Crippen LogP contribution in [0.5, 0.6) is 5.75 Å². The summed E-state index contributed by atoms with van der Waals surface area (Å²) in [5.41, 5.74) is -1.24. The fourth-order valence-electron chi connectivity index (χ4n) is 4.54. The lowest BCUT2D eigenvalue weighted by Crippen LogP contribution is -2.52. The van der Waals surface area contributed by atoms with Gasteiger partial charge < -0.3 is 18.9 Å². The third kappa shape index (κ3) is 3.10. The highest BCUT2D eigenvalue weighted by Crippen LogP contribution is 2.55. The van der Waals surface area contributed by atoms with Crippen LogP contribution in [0.4, 0.5) is 5.69 Å². The molecule has 0 N–H and O–H groups in total. The molecule has 0 radical (unpaired) electrons. The molecule has 0 saturated carbocycles. The number of anilines is 1. The number of benzene rings is 1. The molecule has 2 bridgehead atoms. The lowest BCUT2D eigenvalue weighted by molar-refractivity contribution is -0.226. The number of fused-ring (bicyclic) bond motifs is 5. The minimum absolute atomic E-state index is 0.121. The van der Waals surface area contributed by atoms with Crippen molar-refractivity contribution in [1.29, 1.82) is 0 Å². The number of esters is 2. The summed E-state index contributed by atoms with van der Waals surface area (Å²) in [5.74, 6) is -4.76. The van der Waals surface area contributed by atoms with Gasteiger partial charge in [0.1, 0.15) is 5.75 Å². The largest absolute Gasteiger partial charge is 0.495 e. The Bertz CT molecular complexity index is 1060. The smallest absolute Gasteiger partial charge is 0.305 e. The summed E-state index contributed by atoms with van der Waals surface area (Å²) in [5, 5.41) is 0. The quantitative estimate of drug-likeness (QED) is 0.209. The van der Waals surface area contributed by atoms with E-state index in [1.807, 2.05) is 0 Å². The van der Waals surface area contributed by atoms with Gasteiger partial charge in [-0.25, -0.2) is 4.90 Å². The Kier molecular flexibility index (Phi) is 5.12. The highest BCUT2D eigenvalue weighted by Gasteiger charge is 2.72. The summed E-state index contributed by atoms with van der Waals surface area (Å²) >= 11 is 0. The van der Waals surface area contributed by atoms with Crippen LogP contribution in [0.25, 0.3) is 0 Å². The Morgan fingerprint density at radius 2 is 1.72 bits per heavy atom. The van der Waals surface area contributed by atoms with Gasteiger partial charge >= 0.3 is 11.9 Å². The highest BCUT2D eigenvalue weighted by atomic mass is 16.7. The van der Waals surface area contributed by atoms with Crippen LogP contribution in [0, 0.1) is 11.8 Å². The molecular formula is C22H21NO9. The van der Waals surface area contributed by atoms with Crippen molar-refractivity contribution in [2.45, 2.75) is 38.8 Å². The van der Waals surface area contributed by atoms with Crippen molar-refractivity contribution in [3.05, 3.63) is 35.9 Å². The van der Waals surface area contributed by atoms with Crippen molar-refractivity contribution >= 4 is 35.2 Å². The van der Waals surface area contributed by atoms with Gasteiger partial charge in [-0.2, -0.15) is 0 Å². The first-order valence-corrected chi connectivity index (χ1v) is 9.89. The van der Waals surface area contributed by atoms with Gasteiger partial charge in [0, 0.05) is 19.4 Å². The van der Waals surface area contributed by atoms with E-state index in [1.165, 1.54) is 38.3 Å². The minimum atomic E-state index is -1.65. The van der Waals surface area contributed by atoms with Crippen LogP contribution in [0.3, 0.4) is 0 Å². The molecule has 0 spiro atoms. The van der Waals surface area contributed by atoms with Gasteiger partial charge in [-0.3, -0.25) is 24.0 Å². The van der Waals surface area contributed by atoms with E-state index in [0.717, 1.165) is 18.7 Å². The lowest BCUT2D eigenvalue weighted by Gasteiger charge is -2.34. The number of rotatable bonds is 6. The molecule has 3 heterocycles. The van der Waals surface area contributed by atoms with Crippen molar-refractivity contribution in [2.75, 3.05) is 12.0 Å². The first-order valence-electron chi connectivity index (χ1n) is 9.89. The highest BCUT2D eigenvalue weighted by molar-refractivity contribution is 6.24. The third-order valence-electron chi connectivity index (χ3n) is 5.82. The van der Waals surface area contributed by atoms with E-state index in [2.05, 4.69) is 0 Å². The predicted octanol–water partition coefficient (Wildman–Crippen LogP) is 1.16. The molecule has 10 heteroatoms. The zero-order chi connectivity index (χ0) is 23.4. The number of ether oxygens (including phenoxy) is 4. The number of carbonyl (C=O) groups excluding carboxylic acids is 5. The molecule has 4 rings (SSSR count). The maximum Gasteiger partial charge on any atom is 0.305 e. The fraction of sp³-hybridized carbons (Fsp3) is 0.409. The second-order valence-corrected chi connectivity index (χ2v) is 7.80. The molecule has 0 unspecified atom stereocenters.